The zero-order valence-corrected chi connectivity index (χ0v) is 26.2. The first-order chi connectivity index (χ1) is 22.1. The number of methoxy groups -OCH3 is 1. The minimum Gasteiger partial charge on any atom is -0.480 e. The number of nitrogens with one attached hydrogen (secondary N) is 1. The number of sulfonamides is 1. The van der Waals surface area contributed by atoms with Gasteiger partial charge in [-0.1, -0.05) is 36.4 Å². The SMILES string of the molecule is COc1ncc(-c2ccc3ncc4c(c3c2)n(-c2ccc(C(C)(C)C#N)cc2)/c(=N\C#N)n4C)cc1NS(=O)(=O)c1ccccc1. The number of pyridine rings is 2. The Labute approximate surface area is 265 Å². The van der Waals surface area contributed by atoms with Crippen LogP contribution in [0.1, 0.15) is 19.4 Å². The van der Waals surface area contributed by atoms with E-state index in [0.29, 0.717) is 16.7 Å². The molecule has 0 aliphatic heterocycles. The van der Waals surface area contributed by atoms with Crippen LogP contribution in [0, 0.1) is 22.8 Å². The number of hydrogen-bond acceptors (Lipinski definition) is 8. The van der Waals surface area contributed by atoms with Crippen molar-refractivity contribution in [3.05, 3.63) is 102 Å². The van der Waals surface area contributed by atoms with E-state index in [0.717, 1.165) is 33.2 Å². The maximum Gasteiger partial charge on any atom is 0.262 e. The molecule has 11 nitrogen and oxygen atoms in total. The fraction of sp³-hybridized carbons (Fsp3) is 0.147. The molecule has 0 atom stereocenters. The van der Waals surface area contributed by atoms with E-state index >= 15 is 0 Å². The van der Waals surface area contributed by atoms with Gasteiger partial charge in [-0.15, -0.1) is 4.99 Å². The van der Waals surface area contributed by atoms with Gasteiger partial charge < -0.3 is 9.30 Å². The third kappa shape index (κ3) is 5.21. The molecule has 3 aromatic heterocycles. The van der Waals surface area contributed by atoms with Crippen molar-refractivity contribution in [2.45, 2.75) is 24.2 Å². The number of hydrogen-bond donors (Lipinski definition) is 1. The molecule has 6 aromatic rings. The molecule has 0 saturated carbocycles. The van der Waals surface area contributed by atoms with Gasteiger partial charge in [-0.3, -0.25) is 14.3 Å². The fourth-order valence-corrected chi connectivity index (χ4v) is 6.41. The Balaban J connectivity index is 1.54. The summed E-state index contributed by atoms with van der Waals surface area (Å²) < 4.78 is 37.9. The lowest BCUT2D eigenvalue weighted by Gasteiger charge is -2.16. The summed E-state index contributed by atoms with van der Waals surface area (Å²) in [5.41, 5.74) is 5.11. The number of imidazole rings is 1. The van der Waals surface area contributed by atoms with Crippen LogP contribution in [-0.2, 0) is 22.5 Å². The lowest BCUT2D eigenvalue weighted by atomic mass is 9.86. The second-order valence-electron chi connectivity index (χ2n) is 11.1. The van der Waals surface area contributed by atoms with Crippen molar-refractivity contribution in [1.29, 1.82) is 10.5 Å². The molecule has 0 spiro atoms. The summed E-state index contributed by atoms with van der Waals surface area (Å²) in [6, 6.07) is 25.4. The summed E-state index contributed by atoms with van der Waals surface area (Å²) in [6.07, 6.45) is 5.27. The van der Waals surface area contributed by atoms with Gasteiger partial charge in [0.2, 0.25) is 17.7 Å². The lowest BCUT2D eigenvalue weighted by Crippen LogP contribution is -2.23. The van der Waals surface area contributed by atoms with Gasteiger partial charge in [0.05, 0.1) is 46.2 Å². The summed E-state index contributed by atoms with van der Waals surface area (Å²) in [4.78, 5) is 13.3. The van der Waals surface area contributed by atoms with Gasteiger partial charge >= 0.3 is 0 Å². The molecule has 0 saturated heterocycles. The summed E-state index contributed by atoms with van der Waals surface area (Å²) >= 11 is 0. The molecular formula is C34H28N8O3S. The first kappa shape index (κ1) is 30.1. The van der Waals surface area contributed by atoms with Crippen LogP contribution < -0.4 is 15.1 Å². The highest BCUT2D eigenvalue weighted by Gasteiger charge is 2.22. The molecule has 0 unspecified atom stereocenters. The number of anilines is 1. The number of aromatic nitrogens is 4. The Morgan fingerprint density at radius 1 is 0.935 bits per heavy atom. The average Bonchev–Trinajstić information content (AvgIpc) is 3.36. The summed E-state index contributed by atoms with van der Waals surface area (Å²) in [7, 11) is -0.666. The normalized spacial score (nSPS) is 12.2. The third-order valence-corrected chi connectivity index (χ3v) is 9.24. The first-order valence-corrected chi connectivity index (χ1v) is 15.6. The standard InChI is InChI=1S/C34H28N8O3S/c1-34(2,20-35)24-11-13-25(14-12-24)42-31-27-16-22(10-15-28(27)37-19-30(31)41(3)33(42)39-21-36)23-17-29(32(45-4)38-18-23)40-46(43,44)26-8-6-5-7-9-26/h5-19,40H,1-4H3/b39-33-. The predicted molar refractivity (Wildman–Crippen MR) is 174 cm³/mol. The van der Waals surface area contributed by atoms with E-state index in [4.69, 9.17) is 4.74 Å². The molecule has 3 aromatic carbocycles. The maximum atomic E-state index is 13.1. The summed E-state index contributed by atoms with van der Waals surface area (Å²) in [5.74, 6) is 0.125. The largest absolute Gasteiger partial charge is 0.480 e. The number of benzene rings is 3. The fourth-order valence-electron chi connectivity index (χ4n) is 5.34. The second kappa shape index (κ2) is 11.5. The van der Waals surface area contributed by atoms with Crippen molar-refractivity contribution in [2.24, 2.45) is 12.0 Å². The molecule has 1 N–H and O–H groups in total. The number of ether oxygens (including phenoxy) is 1. The molecule has 3 heterocycles. The van der Waals surface area contributed by atoms with Crippen LogP contribution in [0.3, 0.4) is 0 Å². The van der Waals surface area contributed by atoms with E-state index in [1.807, 2.05) is 74.1 Å². The molecule has 12 heteroatoms. The van der Waals surface area contributed by atoms with E-state index in [1.165, 1.54) is 19.2 Å². The zero-order chi connectivity index (χ0) is 32.6. The summed E-state index contributed by atoms with van der Waals surface area (Å²) in [5, 5.41) is 20.0. The molecular weight excluding hydrogens is 600 g/mol. The van der Waals surface area contributed by atoms with Crippen molar-refractivity contribution >= 4 is 37.6 Å². The zero-order valence-electron chi connectivity index (χ0n) is 25.4. The van der Waals surface area contributed by atoms with E-state index < -0.39 is 15.4 Å². The number of fused-ring (bicyclic) bond motifs is 3. The smallest absolute Gasteiger partial charge is 0.262 e. The number of aryl methyl sites for hydroxylation is 1. The van der Waals surface area contributed by atoms with E-state index in [-0.39, 0.29) is 16.5 Å². The first-order valence-electron chi connectivity index (χ1n) is 14.2. The molecule has 0 aliphatic rings. The Hall–Kier alpha value is -5.98. The molecule has 6 rings (SSSR count). The lowest BCUT2D eigenvalue weighted by molar-refractivity contribution is 0.400. The summed E-state index contributed by atoms with van der Waals surface area (Å²) in [6.45, 7) is 3.71. The van der Waals surface area contributed by atoms with Gasteiger partial charge in [-0.05, 0) is 67.4 Å². The van der Waals surface area contributed by atoms with Crippen LogP contribution in [0.4, 0.5) is 5.69 Å². The van der Waals surface area contributed by atoms with Crippen molar-refractivity contribution in [3.63, 3.8) is 0 Å². The highest BCUT2D eigenvalue weighted by atomic mass is 32.2. The van der Waals surface area contributed by atoms with Gasteiger partial charge in [0.15, 0.2) is 0 Å². The molecule has 0 radical (unpaired) electrons. The second-order valence-corrected chi connectivity index (χ2v) is 12.8. The van der Waals surface area contributed by atoms with Gasteiger partial charge in [-0.2, -0.15) is 10.5 Å². The van der Waals surface area contributed by atoms with Crippen LogP contribution in [0.15, 0.2) is 101 Å². The topological polar surface area (TPSA) is 151 Å². The maximum absolute atomic E-state index is 13.1. The van der Waals surface area contributed by atoms with Crippen molar-refractivity contribution < 1.29 is 13.2 Å². The van der Waals surface area contributed by atoms with Gasteiger partial charge in [0.25, 0.3) is 10.0 Å². The Kier molecular flexibility index (Phi) is 7.52. The molecule has 0 aliphatic carbocycles. The predicted octanol–water partition coefficient (Wildman–Crippen LogP) is 5.57. The van der Waals surface area contributed by atoms with Crippen molar-refractivity contribution in [1.82, 2.24) is 19.1 Å². The van der Waals surface area contributed by atoms with Crippen LogP contribution in [0.2, 0.25) is 0 Å². The number of nitrogens with zero attached hydrogens (tertiary/aromatic N) is 7. The molecule has 0 amide bonds. The Morgan fingerprint density at radius 3 is 2.35 bits per heavy atom. The minimum atomic E-state index is -3.91. The quantitative estimate of drug-likeness (QED) is 0.227. The average molecular weight is 629 g/mol. The Bertz CT molecular complexity index is 2400. The van der Waals surface area contributed by atoms with Crippen molar-refractivity contribution in [3.8, 4) is 35.0 Å². The highest BCUT2D eigenvalue weighted by molar-refractivity contribution is 7.92. The molecule has 0 fully saturated rings. The van der Waals surface area contributed by atoms with Crippen LogP contribution in [-0.4, -0.2) is 34.6 Å². The van der Waals surface area contributed by atoms with Gasteiger partial charge in [-0.25, -0.2) is 13.4 Å². The highest BCUT2D eigenvalue weighted by Crippen LogP contribution is 2.34. The number of rotatable bonds is 7. The number of nitriles is 2. The third-order valence-electron chi connectivity index (χ3n) is 7.86. The van der Waals surface area contributed by atoms with E-state index in [9.17, 15) is 18.9 Å². The van der Waals surface area contributed by atoms with E-state index in [1.54, 1.807) is 41.2 Å². The minimum absolute atomic E-state index is 0.109. The monoisotopic (exact) mass is 628 g/mol. The van der Waals surface area contributed by atoms with Gasteiger partial charge in [0.1, 0.15) is 5.69 Å². The van der Waals surface area contributed by atoms with Crippen LogP contribution >= 0.6 is 0 Å². The van der Waals surface area contributed by atoms with Crippen LogP contribution in [0.25, 0.3) is 38.8 Å². The van der Waals surface area contributed by atoms with E-state index in [2.05, 4.69) is 25.8 Å². The van der Waals surface area contributed by atoms with Crippen molar-refractivity contribution in [2.75, 3.05) is 11.8 Å². The van der Waals surface area contributed by atoms with Crippen LogP contribution in [0.5, 0.6) is 5.88 Å². The molecule has 46 heavy (non-hydrogen) atoms. The Morgan fingerprint density at radius 2 is 1.67 bits per heavy atom. The molecule has 228 valence electrons. The molecule has 0 bridgehead atoms. The van der Waals surface area contributed by atoms with Gasteiger partial charge in [0, 0.05) is 29.9 Å².